The molecule has 0 spiro atoms. The molecule has 3 nitrogen and oxygen atoms in total. The number of rotatable bonds is 4. The number of pyridine rings is 1. The standard InChI is InChI=1S/C16H17N3/c1-13-6-5-7-14(12-17)16(13)19(2)11-9-15-8-3-4-10-18-15/h3-8,10H,9,11H2,1-2H3. The molecule has 2 rings (SSSR count). The van der Waals surface area contributed by atoms with E-state index in [0.717, 1.165) is 35.5 Å². The van der Waals surface area contributed by atoms with Crippen LogP contribution >= 0.6 is 0 Å². The van der Waals surface area contributed by atoms with Gasteiger partial charge >= 0.3 is 0 Å². The normalized spacial score (nSPS) is 9.95. The van der Waals surface area contributed by atoms with E-state index >= 15 is 0 Å². The Hall–Kier alpha value is -2.34. The largest absolute Gasteiger partial charge is 0.373 e. The average molecular weight is 251 g/mol. The van der Waals surface area contributed by atoms with Gasteiger partial charge in [0.05, 0.1) is 11.3 Å². The number of nitriles is 1. The summed E-state index contributed by atoms with van der Waals surface area (Å²) in [6, 6.07) is 14.0. The number of anilines is 1. The van der Waals surface area contributed by atoms with Crippen molar-refractivity contribution in [2.45, 2.75) is 13.3 Å². The Kier molecular flexibility index (Phi) is 4.15. The van der Waals surface area contributed by atoms with Gasteiger partial charge in [-0.25, -0.2) is 0 Å². The zero-order valence-corrected chi connectivity index (χ0v) is 11.3. The molecule has 0 saturated heterocycles. The second-order valence-electron chi connectivity index (χ2n) is 4.58. The fourth-order valence-electron chi connectivity index (χ4n) is 2.20. The van der Waals surface area contributed by atoms with Crippen LogP contribution in [0.1, 0.15) is 16.8 Å². The summed E-state index contributed by atoms with van der Waals surface area (Å²) in [6.07, 6.45) is 2.68. The van der Waals surface area contributed by atoms with Gasteiger partial charge in [-0.15, -0.1) is 0 Å². The summed E-state index contributed by atoms with van der Waals surface area (Å²) in [5.74, 6) is 0. The van der Waals surface area contributed by atoms with E-state index in [1.165, 1.54) is 0 Å². The van der Waals surface area contributed by atoms with Gasteiger partial charge in [-0.3, -0.25) is 4.98 Å². The molecule has 0 fully saturated rings. The topological polar surface area (TPSA) is 39.9 Å². The van der Waals surface area contributed by atoms with Crippen LogP contribution in [0.5, 0.6) is 0 Å². The van der Waals surface area contributed by atoms with E-state index in [1.54, 1.807) is 0 Å². The van der Waals surface area contributed by atoms with Crippen LogP contribution in [0.25, 0.3) is 0 Å². The SMILES string of the molecule is Cc1cccc(C#N)c1N(C)CCc1ccccn1. The first-order valence-electron chi connectivity index (χ1n) is 6.33. The van der Waals surface area contributed by atoms with Crippen molar-refractivity contribution in [3.8, 4) is 6.07 Å². The molecule has 0 aliphatic carbocycles. The highest BCUT2D eigenvalue weighted by Crippen LogP contribution is 2.23. The van der Waals surface area contributed by atoms with Gasteiger partial charge in [0.15, 0.2) is 0 Å². The van der Waals surface area contributed by atoms with E-state index < -0.39 is 0 Å². The van der Waals surface area contributed by atoms with E-state index in [9.17, 15) is 5.26 Å². The second-order valence-corrected chi connectivity index (χ2v) is 4.58. The van der Waals surface area contributed by atoms with Crippen LogP contribution in [0, 0.1) is 18.3 Å². The molecule has 0 aliphatic rings. The van der Waals surface area contributed by atoms with Gasteiger partial charge < -0.3 is 4.90 Å². The number of hydrogen-bond donors (Lipinski definition) is 0. The molecule has 1 heterocycles. The fraction of sp³-hybridized carbons (Fsp3) is 0.250. The summed E-state index contributed by atoms with van der Waals surface area (Å²) >= 11 is 0. The third kappa shape index (κ3) is 3.11. The molecular formula is C16H17N3. The molecule has 0 atom stereocenters. The van der Waals surface area contributed by atoms with Crippen LogP contribution in [0.2, 0.25) is 0 Å². The summed E-state index contributed by atoms with van der Waals surface area (Å²) < 4.78 is 0. The van der Waals surface area contributed by atoms with Gasteiger partial charge in [0.25, 0.3) is 0 Å². The maximum atomic E-state index is 9.19. The fourth-order valence-corrected chi connectivity index (χ4v) is 2.20. The van der Waals surface area contributed by atoms with Crippen molar-refractivity contribution < 1.29 is 0 Å². The molecule has 0 aliphatic heterocycles. The number of aryl methyl sites for hydroxylation is 1. The van der Waals surface area contributed by atoms with Crippen LogP contribution in [0.4, 0.5) is 5.69 Å². The number of para-hydroxylation sites is 1. The van der Waals surface area contributed by atoms with E-state index in [-0.39, 0.29) is 0 Å². The number of hydrogen-bond acceptors (Lipinski definition) is 3. The highest BCUT2D eigenvalue weighted by atomic mass is 15.1. The first kappa shape index (κ1) is 13.1. The van der Waals surface area contributed by atoms with Crippen LogP contribution in [-0.2, 0) is 6.42 Å². The Morgan fingerprint density at radius 3 is 2.74 bits per heavy atom. The van der Waals surface area contributed by atoms with Gasteiger partial charge in [-0.05, 0) is 30.7 Å². The van der Waals surface area contributed by atoms with Crippen molar-refractivity contribution in [2.75, 3.05) is 18.5 Å². The monoisotopic (exact) mass is 251 g/mol. The predicted molar refractivity (Wildman–Crippen MR) is 77.1 cm³/mol. The Bertz CT molecular complexity index is 585. The van der Waals surface area contributed by atoms with Crippen molar-refractivity contribution in [3.63, 3.8) is 0 Å². The molecule has 3 heteroatoms. The smallest absolute Gasteiger partial charge is 0.101 e. The Labute approximate surface area is 114 Å². The molecule has 96 valence electrons. The Morgan fingerprint density at radius 2 is 2.05 bits per heavy atom. The minimum absolute atomic E-state index is 0.725. The maximum Gasteiger partial charge on any atom is 0.101 e. The first-order chi connectivity index (χ1) is 9.22. The third-order valence-corrected chi connectivity index (χ3v) is 3.17. The lowest BCUT2D eigenvalue weighted by atomic mass is 10.1. The predicted octanol–water partition coefficient (Wildman–Crippen LogP) is 2.94. The maximum absolute atomic E-state index is 9.19. The van der Waals surface area contributed by atoms with Crippen molar-refractivity contribution in [1.29, 1.82) is 5.26 Å². The second kappa shape index (κ2) is 6.01. The average Bonchev–Trinajstić information content (AvgIpc) is 2.45. The third-order valence-electron chi connectivity index (χ3n) is 3.17. The lowest BCUT2D eigenvalue weighted by Crippen LogP contribution is -2.22. The molecular weight excluding hydrogens is 234 g/mol. The lowest BCUT2D eigenvalue weighted by molar-refractivity contribution is 0.848. The zero-order chi connectivity index (χ0) is 13.7. The van der Waals surface area contributed by atoms with Crippen LogP contribution in [0.15, 0.2) is 42.6 Å². The molecule has 19 heavy (non-hydrogen) atoms. The van der Waals surface area contributed by atoms with Crippen molar-refractivity contribution >= 4 is 5.69 Å². The Morgan fingerprint density at radius 1 is 1.21 bits per heavy atom. The van der Waals surface area contributed by atoms with Crippen molar-refractivity contribution in [3.05, 3.63) is 59.4 Å². The zero-order valence-electron chi connectivity index (χ0n) is 11.3. The molecule has 1 aromatic heterocycles. The molecule has 0 amide bonds. The van der Waals surface area contributed by atoms with Gasteiger partial charge in [0.1, 0.15) is 6.07 Å². The summed E-state index contributed by atoms with van der Waals surface area (Å²) in [5, 5.41) is 9.19. The number of benzene rings is 1. The quantitative estimate of drug-likeness (QED) is 0.838. The molecule has 0 bridgehead atoms. The van der Waals surface area contributed by atoms with Crippen LogP contribution in [-0.4, -0.2) is 18.6 Å². The molecule has 0 unspecified atom stereocenters. The number of aromatic nitrogens is 1. The van der Waals surface area contributed by atoms with E-state index in [4.69, 9.17) is 0 Å². The van der Waals surface area contributed by atoms with Gasteiger partial charge in [0.2, 0.25) is 0 Å². The van der Waals surface area contributed by atoms with Crippen molar-refractivity contribution in [1.82, 2.24) is 4.98 Å². The molecule has 0 radical (unpaired) electrons. The number of nitrogens with zero attached hydrogens (tertiary/aromatic N) is 3. The molecule has 1 aromatic carbocycles. The number of likely N-dealkylation sites (N-methyl/N-ethyl adjacent to an activating group) is 1. The first-order valence-corrected chi connectivity index (χ1v) is 6.33. The summed E-state index contributed by atoms with van der Waals surface area (Å²) in [7, 11) is 2.02. The van der Waals surface area contributed by atoms with E-state index in [1.807, 2.05) is 56.6 Å². The minimum atomic E-state index is 0.725. The highest BCUT2D eigenvalue weighted by Gasteiger charge is 2.10. The molecule has 2 aromatic rings. The highest BCUT2D eigenvalue weighted by molar-refractivity contribution is 5.63. The van der Waals surface area contributed by atoms with Gasteiger partial charge in [-0.1, -0.05) is 18.2 Å². The van der Waals surface area contributed by atoms with E-state index in [2.05, 4.69) is 16.0 Å². The van der Waals surface area contributed by atoms with Crippen LogP contribution in [0.3, 0.4) is 0 Å². The van der Waals surface area contributed by atoms with E-state index in [0.29, 0.717) is 0 Å². The van der Waals surface area contributed by atoms with Crippen molar-refractivity contribution in [2.24, 2.45) is 0 Å². The Balaban J connectivity index is 2.13. The minimum Gasteiger partial charge on any atom is -0.373 e. The summed E-state index contributed by atoms with van der Waals surface area (Å²) in [6.45, 7) is 2.88. The lowest BCUT2D eigenvalue weighted by Gasteiger charge is -2.22. The molecule has 0 N–H and O–H groups in total. The van der Waals surface area contributed by atoms with Gasteiger partial charge in [0, 0.05) is 31.9 Å². The summed E-state index contributed by atoms with van der Waals surface area (Å²) in [4.78, 5) is 6.45. The van der Waals surface area contributed by atoms with Gasteiger partial charge in [-0.2, -0.15) is 5.26 Å². The van der Waals surface area contributed by atoms with Crippen LogP contribution < -0.4 is 4.90 Å². The summed E-state index contributed by atoms with van der Waals surface area (Å²) in [5.41, 5.74) is 3.94. The molecule has 0 saturated carbocycles.